The second-order valence-corrected chi connectivity index (χ2v) is 7.72. The van der Waals surface area contributed by atoms with Crippen LogP contribution < -0.4 is 16.5 Å². The number of aromatic carboxylic acids is 1. The highest BCUT2D eigenvalue weighted by Crippen LogP contribution is 2.31. The van der Waals surface area contributed by atoms with Crippen LogP contribution >= 0.6 is 0 Å². The molecule has 0 amide bonds. The highest BCUT2D eigenvalue weighted by atomic mass is 16.4. The lowest BCUT2D eigenvalue weighted by Gasteiger charge is -2.19. The van der Waals surface area contributed by atoms with Crippen molar-refractivity contribution in [2.75, 3.05) is 5.32 Å². The molecule has 2 aromatic carbocycles. The van der Waals surface area contributed by atoms with E-state index in [2.05, 4.69) is 10.3 Å². The molecular formula is C26H23N3O4. The van der Waals surface area contributed by atoms with Gasteiger partial charge in [-0.25, -0.2) is 4.79 Å². The molecule has 0 aliphatic heterocycles. The Morgan fingerprint density at radius 3 is 2.61 bits per heavy atom. The molecule has 4 N–H and O–H groups in total. The summed E-state index contributed by atoms with van der Waals surface area (Å²) >= 11 is 0. The molecule has 7 heteroatoms. The van der Waals surface area contributed by atoms with Crippen molar-refractivity contribution in [2.24, 2.45) is 5.73 Å². The van der Waals surface area contributed by atoms with E-state index in [1.54, 1.807) is 42.6 Å². The van der Waals surface area contributed by atoms with E-state index >= 15 is 0 Å². The van der Waals surface area contributed by atoms with Crippen molar-refractivity contribution in [1.82, 2.24) is 4.98 Å². The number of carboxylic acid groups (broad SMARTS) is 1. The third-order valence-corrected chi connectivity index (χ3v) is 5.37. The Labute approximate surface area is 190 Å². The zero-order valence-electron chi connectivity index (χ0n) is 18.2. The predicted molar refractivity (Wildman–Crippen MR) is 128 cm³/mol. The van der Waals surface area contributed by atoms with Gasteiger partial charge in [-0.3, -0.25) is 9.78 Å². The van der Waals surface area contributed by atoms with Gasteiger partial charge in [0.15, 0.2) is 5.43 Å². The first kappa shape index (κ1) is 21.8. The number of rotatable bonds is 6. The van der Waals surface area contributed by atoms with Gasteiger partial charge >= 0.3 is 5.97 Å². The van der Waals surface area contributed by atoms with Crippen molar-refractivity contribution in [3.8, 4) is 0 Å². The SMILES string of the molecule is Cc1cc(C(C)Nc2ccccc2C(=O)O)c2oc(/C(=C/N)c3ccccn3)cc(=O)c2c1. The number of para-hydroxylation sites is 1. The number of aromatic nitrogens is 1. The van der Waals surface area contributed by atoms with Gasteiger partial charge in [-0.15, -0.1) is 0 Å². The van der Waals surface area contributed by atoms with E-state index in [9.17, 15) is 14.7 Å². The number of nitrogens with one attached hydrogen (secondary N) is 1. The molecule has 0 spiro atoms. The maximum absolute atomic E-state index is 13.0. The molecule has 2 heterocycles. The number of hydrogen-bond acceptors (Lipinski definition) is 6. The molecule has 166 valence electrons. The van der Waals surface area contributed by atoms with E-state index in [1.807, 2.05) is 26.0 Å². The second kappa shape index (κ2) is 9.00. The third-order valence-electron chi connectivity index (χ3n) is 5.37. The number of pyridine rings is 1. The molecule has 4 aromatic rings. The quantitative estimate of drug-likeness (QED) is 0.396. The Kier molecular flexibility index (Phi) is 5.95. The fourth-order valence-corrected chi connectivity index (χ4v) is 3.81. The number of fused-ring (bicyclic) bond motifs is 1. The van der Waals surface area contributed by atoms with Gasteiger partial charge in [0.05, 0.1) is 28.3 Å². The molecular weight excluding hydrogens is 418 g/mol. The summed E-state index contributed by atoms with van der Waals surface area (Å²) in [4.78, 5) is 29.0. The number of hydrogen-bond donors (Lipinski definition) is 3. The first-order chi connectivity index (χ1) is 15.9. The molecule has 0 aliphatic carbocycles. The molecule has 7 nitrogen and oxygen atoms in total. The highest BCUT2D eigenvalue weighted by molar-refractivity contribution is 5.94. The number of benzene rings is 2. The predicted octanol–water partition coefficient (Wildman–Crippen LogP) is 4.72. The molecule has 0 aliphatic rings. The number of nitrogens with zero attached hydrogens (tertiary/aromatic N) is 1. The minimum Gasteiger partial charge on any atom is -0.478 e. The first-order valence-electron chi connectivity index (χ1n) is 10.4. The van der Waals surface area contributed by atoms with Crippen LogP contribution in [0, 0.1) is 6.92 Å². The van der Waals surface area contributed by atoms with Crippen LogP contribution in [0.2, 0.25) is 0 Å². The highest BCUT2D eigenvalue weighted by Gasteiger charge is 2.19. The van der Waals surface area contributed by atoms with Crippen LogP contribution in [0.25, 0.3) is 16.5 Å². The van der Waals surface area contributed by atoms with Gasteiger partial charge in [-0.2, -0.15) is 0 Å². The summed E-state index contributed by atoms with van der Waals surface area (Å²) in [5.41, 5.74) is 9.39. The largest absolute Gasteiger partial charge is 0.478 e. The molecule has 0 bridgehead atoms. The van der Waals surface area contributed by atoms with Crippen LogP contribution in [0.4, 0.5) is 5.69 Å². The van der Waals surface area contributed by atoms with Crippen LogP contribution in [0.15, 0.2) is 82.3 Å². The molecule has 2 aromatic heterocycles. The van der Waals surface area contributed by atoms with Crippen molar-refractivity contribution < 1.29 is 14.3 Å². The van der Waals surface area contributed by atoms with Crippen LogP contribution in [-0.2, 0) is 0 Å². The topological polar surface area (TPSA) is 118 Å². The summed E-state index contributed by atoms with van der Waals surface area (Å²) in [6.45, 7) is 3.78. The van der Waals surface area contributed by atoms with Gasteiger partial charge in [0, 0.05) is 29.7 Å². The average Bonchev–Trinajstić information content (AvgIpc) is 2.80. The maximum Gasteiger partial charge on any atom is 0.337 e. The lowest BCUT2D eigenvalue weighted by Crippen LogP contribution is -2.13. The van der Waals surface area contributed by atoms with Gasteiger partial charge < -0.3 is 20.6 Å². The van der Waals surface area contributed by atoms with Crippen molar-refractivity contribution in [2.45, 2.75) is 19.9 Å². The summed E-state index contributed by atoms with van der Waals surface area (Å²) in [5.74, 6) is -0.724. The number of carbonyl (C=O) groups is 1. The Morgan fingerprint density at radius 1 is 1.15 bits per heavy atom. The number of aryl methyl sites for hydroxylation is 1. The lowest BCUT2D eigenvalue weighted by atomic mass is 10.00. The van der Waals surface area contributed by atoms with E-state index in [-0.39, 0.29) is 17.0 Å². The molecule has 0 saturated heterocycles. The third kappa shape index (κ3) is 4.34. The smallest absolute Gasteiger partial charge is 0.337 e. The van der Waals surface area contributed by atoms with E-state index in [4.69, 9.17) is 10.2 Å². The summed E-state index contributed by atoms with van der Waals surface area (Å²) in [7, 11) is 0. The molecule has 0 fully saturated rings. The van der Waals surface area contributed by atoms with Crippen molar-refractivity contribution in [3.63, 3.8) is 0 Å². The summed E-state index contributed by atoms with van der Waals surface area (Å²) in [6, 6.07) is 16.8. The van der Waals surface area contributed by atoms with Gasteiger partial charge in [0.1, 0.15) is 11.3 Å². The molecule has 4 rings (SSSR count). The fourth-order valence-electron chi connectivity index (χ4n) is 3.81. The molecule has 0 saturated carbocycles. The van der Waals surface area contributed by atoms with E-state index in [1.165, 1.54) is 18.3 Å². The Morgan fingerprint density at radius 2 is 1.91 bits per heavy atom. The van der Waals surface area contributed by atoms with E-state index in [0.717, 1.165) is 11.1 Å². The summed E-state index contributed by atoms with van der Waals surface area (Å²) < 4.78 is 6.23. The lowest BCUT2D eigenvalue weighted by molar-refractivity contribution is 0.0698. The zero-order valence-corrected chi connectivity index (χ0v) is 18.2. The van der Waals surface area contributed by atoms with Crippen molar-refractivity contribution in [3.05, 3.63) is 111 Å². The van der Waals surface area contributed by atoms with E-state index < -0.39 is 5.97 Å². The average molecular weight is 441 g/mol. The van der Waals surface area contributed by atoms with Crippen molar-refractivity contribution >= 4 is 28.2 Å². The number of anilines is 1. The Balaban J connectivity index is 1.85. The Hall–Kier alpha value is -4.39. The monoisotopic (exact) mass is 441 g/mol. The molecule has 0 radical (unpaired) electrons. The number of nitrogens with two attached hydrogens (primary N) is 1. The first-order valence-corrected chi connectivity index (χ1v) is 10.4. The standard InChI is InChI=1S/C26H23N3O4/c1-15-11-18(16(2)29-22-9-4-3-7-17(22)26(31)32)25-19(12-15)23(30)13-24(33-25)20(14-27)21-8-5-6-10-28-21/h3-14,16,29H,27H2,1-2H3,(H,31,32)/b20-14+. The van der Waals surface area contributed by atoms with Crippen LogP contribution in [0.1, 0.15) is 45.9 Å². The maximum atomic E-state index is 13.0. The normalized spacial score (nSPS) is 12.5. The second-order valence-electron chi connectivity index (χ2n) is 7.72. The molecule has 1 atom stereocenters. The fraction of sp³-hybridized carbons (Fsp3) is 0.115. The van der Waals surface area contributed by atoms with Crippen molar-refractivity contribution in [1.29, 1.82) is 0 Å². The van der Waals surface area contributed by atoms with Crippen LogP contribution in [-0.4, -0.2) is 16.1 Å². The minimum absolute atomic E-state index is 0.159. The van der Waals surface area contributed by atoms with Crippen LogP contribution in [0.5, 0.6) is 0 Å². The minimum atomic E-state index is -1.03. The molecule has 1 unspecified atom stereocenters. The summed E-state index contributed by atoms with van der Waals surface area (Å²) in [6.07, 6.45) is 3.00. The van der Waals surface area contributed by atoms with Gasteiger partial charge in [0.25, 0.3) is 0 Å². The van der Waals surface area contributed by atoms with Gasteiger partial charge in [-0.1, -0.05) is 24.3 Å². The zero-order chi connectivity index (χ0) is 23.5. The molecule has 33 heavy (non-hydrogen) atoms. The van der Waals surface area contributed by atoms with Gasteiger partial charge in [0.2, 0.25) is 0 Å². The van der Waals surface area contributed by atoms with Gasteiger partial charge in [-0.05, 0) is 49.7 Å². The van der Waals surface area contributed by atoms with Crippen LogP contribution in [0.3, 0.4) is 0 Å². The van der Waals surface area contributed by atoms with E-state index in [0.29, 0.717) is 33.7 Å². The Bertz CT molecular complexity index is 1420. The summed E-state index contributed by atoms with van der Waals surface area (Å²) in [5, 5.41) is 13.2. The number of carboxylic acids is 1.